The largest absolute Gasteiger partial charge is 0.361 e. The Balaban J connectivity index is 1.52. The number of nitrogens with one attached hydrogen (secondary N) is 1. The van der Waals surface area contributed by atoms with E-state index in [0.29, 0.717) is 24.3 Å². The van der Waals surface area contributed by atoms with Gasteiger partial charge in [-0.25, -0.2) is 8.42 Å². The summed E-state index contributed by atoms with van der Waals surface area (Å²) >= 11 is 0. The molecule has 1 N–H and O–H groups in total. The van der Waals surface area contributed by atoms with Gasteiger partial charge in [0.1, 0.15) is 0 Å². The molecular formula is C22H26N2O2S. The van der Waals surface area contributed by atoms with Crippen LogP contribution < -0.4 is 0 Å². The number of nitrogens with zero attached hydrogens (tertiary/aromatic N) is 1. The Morgan fingerprint density at radius 3 is 2.89 bits per heavy atom. The summed E-state index contributed by atoms with van der Waals surface area (Å²) in [5, 5.41) is 1.04. The van der Waals surface area contributed by atoms with E-state index < -0.39 is 16.8 Å². The Labute approximate surface area is 165 Å². The van der Waals surface area contributed by atoms with Crippen molar-refractivity contribution in [1.29, 1.82) is 0 Å². The fourth-order valence-electron chi connectivity index (χ4n) is 3.85. The van der Waals surface area contributed by atoms with Crippen LogP contribution in [-0.2, 0) is 22.7 Å². The van der Waals surface area contributed by atoms with Gasteiger partial charge in [0.15, 0.2) is 9.84 Å². The van der Waals surface area contributed by atoms with Crippen LogP contribution in [0.3, 0.4) is 0 Å². The third-order valence-electron chi connectivity index (χ3n) is 5.43. The minimum absolute atomic E-state index is 0.00128. The molecule has 5 heteroatoms. The Bertz CT molecular complexity index is 1120. The van der Waals surface area contributed by atoms with Crippen molar-refractivity contribution in [3.05, 3.63) is 65.9 Å². The summed E-state index contributed by atoms with van der Waals surface area (Å²) in [5.41, 5.74) is 3.03. The van der Waals surface area contributed by atoms with E-state index in [1.165, 1.54) is 0 Å². The van der Waals surface area contributed by atoms with E-state index >= 15 is 0 Å². The monoisotopic (exact) mass is 385 g/mol. The van der Waals surface area contributed by atoms with E-state index in [9.17, 15) is 8.42 Å². The highest BCUT2D eigenvalue weighted by Gasteiger charge is 2.22. The van der Waals surface area contributed by atoms with E-state index in [0.717, 1.165) is 34.9 Å². The normalized spacial score (nSPS) is 20.4. The number of aryl methyl sites for hydroxylation is 1. The molecule has 1 aliphatic rings. The van der Waals surface area contributed by atoms with Gasteiger partial charge in [0, 0.05) is 27.3 Å². The van der Waals surface area contributed by atoms with Gasteiger partial charge in [-0.15, -0.1) is 0 Å². The molecule has 1 saturated heterocycles. The number of rotatable bonds is 6. The maximum Gasteiger partial charge on any atom is 0.178 e. The summed E-state index contributed by atoms with van der Waals surface area (Å²) in [6, 6.07) is 14.5. The van der Waals surface area contributed by atoms with Gasteiger partial charge in [0.2, 0.25) is 0 Å². The highest BCUT2D eigenvalue weighted by atomic mass is 32.2. The van der Waals surface area contributed by atoms with Crippen molar-refractivity contribution in [2.24, 2.45) is 0 Å². The number of hydrogen-bond donors (Lipinski definition) is 1. The first-order valence-electron chi connectivity index (χ1n) is 10.9. The Kier molecular flexibility index (Phi) is 4.13. The van der Waals surface area contributed by atoms with Crippen LogP contribution in [0.15, 0.2) is 59.6 Å². The molecule has 0 bridgehead atoms. The maximum atomic E-state index is 12.6. The van der Waals surface area contributed by atoms with Gasteiger partial charge >= 0.3 is 0 Å². The standard InChI is InChI=1S/C22H26N2O2S/c1-24-12-5-6-19(24)15-18-16-23-22-10-9-17(14-21(18)22)11-13-27(25,26)20-7-3-2-4-8-20/h2-4,7-10,14,16,19,23H,5-6,11-13,15H2,1H3/i1D3. The van der Waals surface area contributed by atoms with Crippen molar-refractivity contribution >= 4 is 20.7 Å². The van der Waals surface area contributed by atoms with Gasteiger partial charge in [0.25, 0.3) is 0 Å². The number of aromatic nitrogens is 1. The maximum absolute atomic E-state index is 12.6. The molecule has 1 fully saturated rings. The number of fused-ring (bicyclic) bond motifs is 1. The van der Waals surface area contributed by atoms with Gasteiger partial charge in [-0.2, -0.15) is 0 Å². The SMILES string of the molecule is [2H]C([2H])([2H])N1CCCC1Cc1c[nH]c2ccc(CCS(=O)(=O)c3ccccc3)cc12. The van der Waals surface area contributed by atoms with Crippen LogP contribution in [0.25, 0.3) is 10.9 Å². The number of benzene rings is 2. The molecule has 1 aromatic heterocycles. The molecule has 4 rings (SSSR count). The van der Waals surface area contributed by atoms with Gasteiger partial charge < -0.3 is 9.88 Å². The van der Waals surface area contributed by atoms with Crippen LogP contribution in [-0.4, -0.2) is 43.6 Å². The van der Waals surface area contributed by atoms with Crippen LogP contribution in [0.5, 0.6) is 0 Å². The Morgan fingerprint density at radius 1 is 1.22 bits per heavy atom. The lowest BCUT2D eigenvalue weighted by molar-refractivity contribution is 0.310. The highest BCUT2D eigenvalue weighted by Crippen LogP contribution is 2.26. The summed E-state index contributed by atoms with van der Waals surface area (Å²) in [6.07, 6.45) is 4.83. The third kappa shape index (κ3) is 3.94. The number of sulfone groups is 1. The molecule has 142 valence electrons. The van der Waals surface area contributed by atoms with Crippen molar-refractivity contribution in [3.63, 3.8) is 0 Å². The first-order chi connectivity index (χ1) is 14.2. The molecule has 0 spiro atoms. The van der Waals surface area contributed by atoms with Gasteiger partial charge in [-0.05, 0) is 74.6 Å². The van der Waals surface area contributed by atoms with E-state index in [2.05, 4.69) is 4.98 Å². The van der Waals surface area contributed by atoms with Crippen molar-refractivity contribution in [2.45, 2.75) is 36.6 Å². The van der Waals surface area contributed by atoms with Gasteiger partial charge in [-0.3, -0.25) is 0 Å². The van der Waals surface area contributed by atoms with E-state index in [1.807, 2.05) is 24.4 Å². The van der Waals surface area contributed by atoms with Crippen molar-refractivity contribution in [2.75, 3.05) is 19.3 Å². The Morgan fingerprint density at radius 2 is 2.07 bits per heavy atom. The number of H-pyrrole nitrogens is 1. The molecule has 1 atom stereocenters. The lowest BCUT2D eigenvalue weighted by Gasteiger charge is -2.18. The minimum atomic E-state index is -3.33. The smallest absolute Gasteiger partial charge is 0.178 e. The molecule has 4 nitrogen and oxygen atoms in total. The van der Waals surface area contributed by atoms with E-state index in [4.69, 9.17) is 4.11 Å². The van der Waals surface area contributed by atoms with Crippen LogP contribution >= 0.6 is 0 Å². The molecule has 1 unspecified atom stereocenters. The zero-order valence-electron chi connectivity index (χ0n) is 18.2. The molecule has 2 aromatic carbocycles. The quantitative estimate of drug-likeness (QED) is 0.702. The molecule has 3 aromatic rings. The second kappa shape index (κ2) is 7.49. The van der Waals surface area contributed by atoms with Crippen LogP contribution in [0.1, 0.15) is 28.1 Å². The van der Waals surface area contributed by atoms with Crippen molar-refractivity contribution in [3.8, 4) is 0 Å². The average Bonchev–Trinajstić information content (AvgIpc) is 3.34. The zero-order chi connectivity index (χ0) is 21.4. The predicted octanol–water partition coefficient (Wildman–Crippen LogP) is 3.82. The molecule has 0 radical (unpaired) electrons. The van der Waals surface area contributed by atoms with Gasteiger partial charge in [0.05, 0.1) is 10.6 Å². The molecule has 0 amide bonds. The average molecular weight is 386 g/mol. The molecular weight excluding hydrogens is 356 g/mol. The molecule has 27 heavy (non-hydrogen) atoms. The van der Waals surface area contributed by atoms with Crippen molar-refractivity contribution in [1.82, 2.24) is 9.88 Å². The van der Waals surface area contributed by atoms with Crippen molar-refractivity contribution < 1.29 is 12.5 Å². The van der Waals surface area contributed by atoms with E-state index in [-0.39, 0.29) is 11.8 Å². The fraction of sp³-hybridized carbons (Fsp3) is 0.364. The topological polar surface area (TPSA) is 53.2 Å². The second-order valence-electron chi connectivity index (χ2n) is 7.27. The number of hydrogen-bond acceptors (Lipinski definition) is 3. The fourth-order valence-corrected chi connectivity index (χ4v) is 5.16. The first-order valence-corrected chi connectivity index (χ1v) is 11.0. The molecule has 0 aliphatic carbocycles. The minimum Gasteiger partial charge on any atom is -0.361 e. The van der Waals surface area contributed by atoms with Gasteiger partial charge in [-0.1, -0.05) is 24.3 Å². The predicted molar refractivity (Wildman–Crippen MR) is 110 cm³/mol. The Hall–Kier alpha value is -2.11. The lowest BCUT2D eigenvalue weighted by atomic mass is 10.0. The number of likely N-dealkylation sites (N-methyl/N-ethyl adjacent to an activating group) is 1. The third-order valence-corrected chi connectivity index (χ3v) is 7.16. The second-order valence-corrected chi connectivity index (χ2v) is 9.38. The van der Waals surface area contributed by atoms with E-state index in [1.54, 1.807) is 35.2 Å². The summed E-state index contributed by atoms with van der Waals surface area (Å²) in [6.45, 7) is -1.46. The highest BCUT2D eigenvalue weighted by molar-refractivity contribution is 7.91. The number of aromatic amines is 1. The summed E-state index contributed by atoms with van der Waals surface area (Å²) < 4.78 is 48.5. The lowest BCUT2D eigenvalue weighted by Crippen LogP contribution is -2.26. The zero-order valence-corrected chi connectivity index (χ0v) is 16.0. The van der Waals surface area contributed by atoms with Crippen LogP contribution in [0.2, 0.25) is 0 Å². The van der Waals surface area contributed by atoms with Crippen LogP contribution in [0.4, 0.5) is 0 Å². The summed E-state index contributed by atoms with van der Waals surface area (Å²) in [4.78, 5) is 5.24. The molecule has 0 saturated carbocycles. The van der Waals surface area contributed by atoms with Crippen LogP contribution in [0, 0.1) is 0 Å². The first kappa shape index (κ1) is 14.9. The number of likely N-dealkylation sites (tertiary alicyclic amines) is 1. The summed E-state index contributed by atoms with van der Waals surface area (Å²) in [7, 11) is -3.33. The molecule has 2 heterocycles. The summed E-state index contributed by atoms with van der Waals surface area (Å²) in [5.74, 6) is 0.0533. The molecule has 1 aliphatic heterocycles.